The number of ether oxygens (including phenoxy) is 2. The molecule has 3 heteroatoms. The Hall–Kier alpha value is -0.120. The summed E-state index contributed by atoms with van der Waals surface area (Å²) in [6, 6.07) is 0. The third kappa shape index (κ3) is 20.9. The number of hydrogen-bond acceptors (Lipinski definition) is 3. The van der Waals surface area contributed by atoms with Gasteiger partial charge in [0.2, 0.25) is 0 Å². The van der Waals surface area contributed by atoms with Crippen molar-refractivity contribution in [3.63, 3.8) is 0 Å². The lowest BCUT2D eigenvalue weighted by molar-refractivity contribution is -0.109. The van der Waals surface area contributed by atoms with Crippen molar-refractivity contribution >= 4 is 0 Å². The Balaban J connectivity index is 3.37. The highest BCUT2D eigenvalue weighted by Gasteiger charge is 2.09. The number of nitrogens with zero attached hydrogens (tertiary/aromatic N) is 1. The van der Waals surface area contributed by atoms with E-state index >= 15 is 0 Å². The van der Waals surface area contributed by atoms with E-state index in [9.17, 15) is 0 Å². The molecule has 0 bridgehead atoms. The Morgan fingerprint density at radius 3 is 1.28 bits per heavy atom. The highest BCUT2D eigenvalue weighted by Crippen LogP contribution is 2.14. The fraction of sp³-hybridized carbons (Fsp3) is 1.00. The minimum absolute atomic E-state index is 0.0554. The molecule has 0 aromatic rings. The lowest BCUT2D eigenvalue weighted by atomic mass is 10.0. The Labute approximate surface area is 184 Å². The average molecular weight is 414 g/mol. The molecular weight excluding hydrogens is 358 g/mol. The summed E-state index contributed by atoms with van der Waals surface area (Å²) in [5, 5.41) is 0. The van der Waals surface area contributed by atoms with E-state index in [0.717, 1.165) is 13.0 Å². The second-order valence-electron chi connectivity index (χ2n) is 8.83. The van der Waals surface area contributed by atoms with Gasteiger partial charge in [-0.25, -0.2) is 0 Å². The molecule has 0 radical (unpaired) electrons. The van der Waals surface area contributed by atoms with E-state index in [2.05, 4.69) is 18.7 Å². The zero-order chi connectivity index (χ0) is 21.4. The zero-order valence-corrected chi connectivity index (χ0v) is 20.7. The highest BCUT2D eigenvalue weighted by molar-refractivity contribution is 4.60. The van der Waals surface area contributed by atoms with Gasteiger partial charge in [0.25, 0.3) is 0 Å². The molecule has 0 heterocycles. The second-order valence-corrected chi connectivity index (χ2v) is 8.83. The SMILES string of the molecule is CCCCCCCCCCCCCCCCCCN(CCC)CCC(OC)OC. The minimum atomic E-state index is -0.0554. The van der Waals surface area contributed by atoms with Crippen LogP contribution < -0.4 is 0 Å². The molecule has 0 fully saturated rings. The molecule has 176 valence electrons. The van der Waals surface area contributed by atoms with Gasteiger partial charge in [-0.15, -0.1) is 0 Å². The summed E-state index contributed by atoms with van der Waals surface area (Å²) in [4.78, 5) is 2.58. The van der Waals surface area contributed by atoms with Crippen molar-refractivity contribution in [2.45, 2.75) is 136 Å². The van der Waals surface area contributed by atoms with Crippen molar-refractivity contribution in [3.05, 3.63) is 0 Å². The van der Waals surface area contributed by atoms with Crippen molar-refractivity contribution < 1.29 is 9.47 Å². The number of methoxy groups -OCH3 is 2. The van der Waals surface area contributed by atoms with E-state index in [1.165, 1.54) is 122 Å². The van der Waals surface area contributed by atoms with Gasteiger partial charge in [0.05, 0.1) is 0 Å². The lowest BCUT2D eigenvalue weighted by Crippen LogP contribution is -2.30. The Bertz CT molecular complexity index is 294. The van der Waals surface area contributed by atoms with Gasteiger partial charge in [-0.1, -0.05) is 110 Å². The first kappa shape index (κ1) is 28.9. The van der Waals surface area contributed by atoms with Crippen LogP contribution in [-0.2, 0) is 9.47 Å². The van der Waals surface area contributed by atoms with Crippen LogP contribution in [0, 0.1) is 0 Å². The summed E-state index contributed by atoms with van der Waals surface area (Å²) >= 11 is 0. The fourth-order valence-electron chi connectivity index (χ4n) is 4.16. The van der Waals surface area contributed by atoms with Gasteiger partial charge in [-0.3, -0.25) is 0 Å². The van der Waals surface area contributed by atoms with Gasteiger partial charge in [0.1, 0.15) is 0 Å². The lowest BCUT2D eigenvalue weighted by Gasteiger charge is -2.23. The molecule has 0 saturated carbocycles. The molecule has 0 N–H and O–H groups in total. The van der Waals surface area contributed by atoms with Gasteiger partial charge in [0, 0.05) is 27.2 Å². The molecule has 0 atom stereocenters. The first-order chi connectivity index (χ1) is 14.3. The first-order valence-electron chi connectivity index (χ1n) is 13.1. The third-order valence-corrected chi connectivity index (χ3v) is 6.07. The normalized spacial score (nSPS) is 11.8. The maximum Gasteiger partial charge on any atom is 0.158 e. The van der Waals surface area contributed by atoms with Crippen LogP contribution >= 0.6 is 0 Å². The topological polar surface area (TPSA) is 21.7 Å². The summed E-state index contributed by atoms with van der Waals surface area (Å²) in [6.45, 7) is 8.07. The fourth-order valence-corrected chi connectivity index (χ4v) is 4.16. The van der Waals surface area contributed by atoms with Crippen molar-refractivity contribution in [3.8, 4) is 0 Å². The van der Waals surface area contributed by atoms with Crippen LogP contribution in [0.2, 0.25) is 0 Å². The van der Waals surface area contributed by atoms with Crippen LogP contribution in [0.5, 0.6) is 0 Å². The van der Waals surface area contributed by atoms with Crippen molar-refractivity contribution in [2.75, 3.05) is 33.9 Å². The quantitative estimate of drug-likeness (QED) is 0.118. The van der Waals surface area contributed by atoms with Gasteiger partial charge >= 0.3 is 0 Å². The molecule has 0 aliphatic rings. The van der Waals surface area contributed by atoms with Crippen molar-refractivity contribution in [1.29, 1.82) is 0 Å². The molecule has 29 heavy (non-hydrogen) atoms. The summed E-state index contributed by atoms with van der Waals surface area (Å²) in [5.41, 5.74) is 0. The first-order valence-corrected chi connectivity index (χ1v) is 13.1. The van der Waals surface area contributed by atoms with Crippen LogP contribution in [0.15, 0.2) is 0 Å². The molecule has 0 spiro atoms. The van der Waals surface area contributed by atoms with E-state index in [0.29, 0.717) is 0 Å². The molecule has 0 aliphatic carbocycles. The molecular formula is C26H55NO2. The molecule has 0 rings (SSSR count). The van der Waals surface area contributed by atoms with Crippen LogP contribution in [0.25, 0.3) is 0 Å². The molecule has 0 unspecified atom stereocenters. The van der Waals surface area contributed by atoms with Crippen LogP contribution in [0.4, 0.5) is 0 Å². The van der Waals surface area contributed by atoms with Gasteiger partial charge < -0.3 is 14.4 Å². The van der Waals surface area contributed by atoms with Gasteiger partial charge in [-0.05, 0) is 25.9 Å². The van der Waals surface area contributed by atoms with Crippen molar-refractivity contribution in [2.24, 2.45) is 0 Å². The smallest absolute Gasteiger partial charge is 0.158 e. The minimum Gasteiger partial charge on any atom is -0.356 e. The van der Waals surface area contributed by atoms with E-state index in [4.69, 9.17) is 9.47 Å². The number of unbranched alkanes of at least 4 members (excludes halogenated alkanes) is 15. The summed E-state index contributed by atoms with van der Waals surface area (Å²) < 4.78 is 10.6. The Morgan fingerprint density at radius 2 is 0.897 bits per heavy atom. The molecule has 0 aromatic heterocycles. The number of hydrogen-bond donors (Lipinski definition) is 0. The highest BCUT2D eigenvalue weighted by atomic mass is 16.7. The average Bonchev–Trinajstić information content (AvgIpc) is 2.74. The summed E-state index contributed by atoms with van der Waals surface area (Å²) in [5.74, 6) is 0. The maximum absolute atomic E-state index is 5.31. The van der Waals surface area contributed by atoms with Gasteiger partial charge in [0.15, 0.2) is 6.29 Å². The standard InChI is InChI=1S/C26H55NO2/c1-5-7-8-9-10-11-12-13-14-15-16-17-18-19-20-21-24-27(23-6-2)25-22-26(28-3)29-4/h26H,5-25H2,1-4H3. The monoisotopic (exact) mass is 413 g/mol. The maximum atomic E-state index is 5.31. The Kier molecular flexibility index (Phi) is 24.1. The molecule has 0 amide bonds. The molecule has 0 aromatic carbocycles. The van der Waals surface area contributed by atoms with Crippen LogP contribution in [-0.4, -0.2) is 45.0 Å². The second kappa shape index (κ2) is 24.2. The molecule has 3 nitrogen and oxygen atoms in total. The van der Waals surface area contributed by atoms with Crippen LogP contribution in [0.3, 0.4) is 0 Å². The third-order valence-electron chi connectivity index (χ3n) is 6.07. The van der Waals surface area contributed by atoms with E-state index in [1.807, 2.05) is 0 Å². The summed E-state index contributed by atoms with van der Waals surface area (Å²) in [7, 11) is 3.46. The molecule has 0 aliphatic heterocycles. The summed E-state index contributed by atoms with van der Waals surface area (Å²) in [6.07, 6.45) is 25.1. The predicted molar refractivity (Wildman–Crippen MR) is 129 cm³/mol. The predicted octanol–water partition coefficient (Wildman–Crippen LogP) is 7.97. The largest absolute Gasteiger partial charge is 0.356 e. The van der Waals surface area contributed by atoms with E-state index in [1.54, 1.807) is 14.2 Å². The van der Waals surface area contributed by atoms with E-state index < -0.39 is 0 Å². The van der Waals surface area contributed by atoms with Crippen molar-refractivity contribution in [1.82, 2.24) is 4.90 Å². The zero-order valence-electron chi connectivity index (χ0n) is 20.7. The van der Waals surface area contributed by atoms with Gasteiger partial charge in [-0.2, -0.15) is 0 Å². The number of rotatable bonds is 24. The van der Waals surface area contributed by atoms with Crippen LogP contribution in [0.1, 0.15) is 129 Å². The molecule has 0 saturated heterocycles. The van der Waals surface area contributed by atoms with E-state index in [-0.39, 0.29) is 6.29 Å². The Morgan fingerprint density at radius 1 is 0.483 bits per heavy atom.